The van der Waals surface area contributed by atoms with E-state index in [1.165, 1.54) is 0 Å². The van der Waals surface area contributed by atoms with Gasteiger partial charge in [-0.2, -0.15) is 0 Å². The average molecular weight is 161 g/mol. The van der Waals surface area contributed by atoms with E-state index in [0.717, 1.165) is 0 Å². The molecule has 0 saturated carbocycles. The van der Waals surface area contributed by atoms with Crippen molar-refractivity contribution < 1.29 is 4.57 Å². The van der Waals surface area contributed by atoms with E-state index in [1.54, 1.807) is 0 Å². The summed E-state index contributed by atoms with van der Waals surface area (Å²) < 4.78 is 9.56. The molecule has 0 aromatic carbocycles. The van der Waals surface area contributed by atoms with Gasteiger partial charge in [-0.25, -0.2) is 0 Å². The predicted molar refractivity (Wildman–Crippen MR) is 25.9 cm³/mol. The number of hydrogen-bond donors (Lipinski definition) is 0. The van der Waals surface area contributed by atoms with Crippen LogP contribution in [0.5, 0.6) is 0 Å². The van der Waals surface area contributed by atoms with Gasteiger partial charge in [0.05, 0.1) is 0 Å². The van der Waals surface area contributed by atoms with Gasteiger partial charge in [-0.1, -0.05) is 0 Å². The van der Waals surface area contributed by atoms with Crippen LogP contribution >= 0.6 is 15.1 Å². The summed E-state index contributed by atoms with van der Waals surface area (Å²) in [5.74, 6) is 0. The molecule has 0 aromatic rings. The van der Waals surface area contributed by atoms with Gasteiger partial charge in [0.25, 0.3) is 0 Å². The Hall–Kier alpha value is 1.18. The zero-order chi connectivity index (χ0) is 3.58. The molecular weight excluding hydrogens is 157 g/mol. The molecule has 2 unspecified atom stereocenters. The van der Waals surface area contributed by atoms with Crippen LogP contribution in [0.4, 0.5) is 0 Å². The molecule has 0 aromatic heterocycles. The molecule has 26 valence electrons. The first-order chi connectivity index (χ1) is 1.73. The fourth-order valence-corrected chi connectivity index (χ4v) is 0. The van der Waals surface area contributed by atoms with Crippen LogP contribution in [0.1, 0.15) is 0 Å². The minimum atomic E-state index is -1.28. The standard InChI is InChI=1S/H4OP2Se/c1-3(2)4/h3H,2H2,(H,1,4). The first kappa shape index (κ1) is 5.18. The van der Waals surface area contributed by atoms with E-state index >= 15 is 0 Å². The van der Waals surface area contributed by atoms with Gasteiger partial charge in [0.15, 0.2) is 0 Å². The van der Waals surface area contributed by atoms with Gasteiger partial charge in [0.1, 0.15) is 0 Å². The Kier molecular flexibility index (Phi) is 3.13. The molecule has 0 heterocycles. The molecule has 0 amide bonds. The molecule has 1 nitrogen and oxygen atoms in total. The zero-order valence-corrected chi connectivity index (χ0v) is 5.96. The van der Waals surface area contributed by atoms with E-state index in [4.69, 9.17) is 0 Å². The van der Waals surface area contributed by atoms with E-state index in [0.29, 0.717) is 0 Å². The Morgan fingerprint density at radius 1 is 2.00 bits per heavy atom. The molecule has 0 fully saturated rings. The summed E-state index contributed by atoms with van der Waals surface area (Å²) in [7, 11) is 2.18. The SMILES string of the molecule is O=[PH](P)[SeH]. The average Bonchev–Trinajstić information content (AvgIpc) is 0.811. The molecular formula is H4OP2Se. The van der Waals surface area contributed by atoms with Crippen LogP contribution in [-0.4, -0.2) is 15.6 Å². The van der Waals surface area contributed by atoms with Crippen LogP contribution in [-0.2, 0) is 4.57 Å². The van der Waals surface area contributed by atoms with Crippen LogP contribution in [0.2, 0.25) is 0 Å². The molecule has 0 spiro atoms. The summed E-state index contributed by atoms with van der Waals surface area (Å²) in [4.78, 5) is 0. The molecule has 4 heteroatoms. The fraction of sp³-hybridized carbons (Fsp3) is 0. The molecule has 0 aliphatic rings. The Morgan fingerprint density at radius 2 is 2.00 bits per heavy atom. The van der Waals surface area contributed by atoms with Crippen molar-refractivity contribution in [2.75, 3.05) is 0 Å². The summed E-state index contributed by atoms with van der Waals surface area (Å²) in [5.41, 5.74) is 0. The third-order valence-corrected chi connectivity index (χ3v) is 0. The van der Waals surface area contributed by atoms with Crippen molar-refractivity contribution >= 4 is 30.7 Å². The first-order valence-electron chi connectivity index (χ1n) is 0.716. The summed E-state index contributed by atoms with van der Waals surface area (Å²) in [5, 5.41) is 0. The van der Waals surface area contributed by atoms with Crippen molar-refractivity contribution in [2.45, 2.75) is 0 Å². The van der Waals surface area contributed by atoms with Crippen LogP contribution in [0.15, 0.2) is 0 Å². The monoisotopic (exact) mass is 162 g/mol. The van der Waals surface area contributed by atoms with Crippen LogP contribution < -0.4 is 0 Å². The van der Waals surface area contributed by atoms with Gasteiger partial charge in [0, 0.05) is 0 Å². The molecule has 4 heavy (non-hydrogen) atoms. The third kappa shape index (κ3) is 10.9. The number of hydrogen-bond acceptors (Lipinski definition) is 1. The topological polar surface area (TPSA) is 17.1 Å². The summed E-state index contributed by atoms with van der Waals surface area (Å²) in [6, 6.07) is 0. The maximum atomic E-state index is 9.56. The quantitative estimate of drug-likeness (QED) is 0.365. The van der Waals surface area contributed by atoms with Crippen molar-refractivity contribution in [3.8, 4) is 0 Å². The third-order valence-electron chi connectivity index (χ3n) is 0. The molecule has 0 saturated heterocycles. The van der Waals surface area contributed by atoms with Gasteiger partial charge in [-0.3, -0.25) is 0 Å². The second kappa shape index (κ2) is 2.42. The maximum absolute atomic E-state index is 9.56. The molecule has 0 aliphatic heterocycles. The van der Waals surface area contributed by atoms with Crippen molar-refractivity contribution in [1.29, 1.82) is 0 Å². The van der Waals surface area contributed by atoms with E-state index in [-0.39, 0.29) is 0 Å². The van der Waals surface area contributed by atoms with Crippen molar-refractivity contribution in [1.82, 2.24) is 0 Å². The molecule has 0 N–H and O–H groups in total. The molecule has 0 bridgehead atoms. The van der Waals surface area contributed by atoms with Gasteiger partial charge < -0.3 is 0 Å². The second-order valence-corrected chi connectivity index (χ2v) is 8.52. The Balaban J connectivity index is 2.80. The Labute approximate surface area is 35.8 Å². The van der Waals surface area contributed by atoms with E-state index in [2.05, 4.69) is 8.93 Å². The minimum absolute atomic E-state index is 1.28. The van der Waals surface area contributed by atoms with Crippen molar-refractivity contribution in [3.05, 3.63) is 0 Å². The van der Waals surface area contributed by atoms with E-state index in [9.17, 15) is 4.57 Å². The van der Waals surface area contributed by atoms with Gasteiger partial charge in [-0.15, -0.1) is 0 Å². The van der Waals surface area contributed by atoms with E-state index in [1.807, 2.05) is 15.6 Å². The zero-order valence-electron chi connectivity index (χ0n) is 1.93. The molecule has 0 aliphatic carbocycles. The molecule has 2 atom stereocenters. The van der Waals surface area contributed by atoms with Crippen LogP contribution in [0, 0.1) is 0 Å². The Bertz CT molecular complexity index is 29.0. The normalized spacial score (nSPS) is 15.5. The Morgan fingerprint density at radius 3 is 2.00 bits per heavy atom. The van der Waals surface area contributed by atoms with Crippen LogP contribution in [0.3, 0.4) is 0 Å². The predicted octanol–water partition coefficient (Wildman–Crippen LogP) is 0.152. The van der Waals surface area contributed by atoms with Gasteiger partial charge in [-0.05, 0) is 0 Å². The fourth-order valence-electron chi connectivity index (χ4n) is 0. The summed E-state index contributed by atoms with van der Waals surface area (Å²) in [6.45, 7) is 0. The molecule has 0 radical (unpaired) electrons. The summed E-state index contributed by atoms with van der Waals surface area (Å²) >= 11 is 2.04. The first-order valence-corrected chi connectivity index (χ1v) is 6.70. The van der Waals surface area contributed by atoms with Gasteiger partial charge >= 0.3 is 35.2 Å². The second-order valence-electron chi connectivity index (χ2n) is 0.338. The summed E-state index contributed by atoms with van der Waals surface area (Å²) in [6.07, 6.45) is -1.28. The molecule has 0 rings (SSSR count). The van der Waals surface area contributed by atoms with Crippen LogP contribution in [0.25, 0.3) is 0 Å². The van der Waals surface area contributed by atoms with E-state index < -0.39 is 6.18 Å². The van der Waals surface area contributed by atoms with Crippen molar-refractivity contribution in [2.24, 2.45) is 0 Å². The number of rotatable bonds is 0. The van der Waals surface area contributed by atoms with Crippen molar-refractivity contribution in [3.63, 3.8) is 0 Å². The van der Waals surface area contributed by atoms with Gasteiger partial charge in [0.2, 0.25) is 0 Å².